The Morgan fingerprint density at radius 3 is 2.00 bits per heavy atom. The fourth-order valence-electron chi connectivity index (χ4n) is 4.22. The maximum absolute atomic E-state index is 14.0. The Balaban J connectivity index is 2.02. The van der Waals surface area contributed by atoms with Crippen LogP contribution < -0.4 is 9.62 Å². The highest BCUT2D eigenvalue weighted by Gasteiger charge is 2.32. The molecule has 0 heterocycles. The molecular weight excluding hydrogens is 522 g/mol. The zero-order valence-electron chi connectivity index (χ0n) is 24.3. The van der Waals surface area contributed by atoms with Crippen LogP contribution in [0.1, 0.15) is 63.6 Å². The number of rotatable bonds is 12. The van der Waals surface area contributed by atoms with E-state index in [1.165, 1.54) is 4.90 Å². The van der Waals surface area contributed by atoms with Crippen molar-refractivity contribution in [1.29, 1.82) is 0 Å². The molecule has 8 heteroatoms. The second kappa shape index (κ2) is 13.6. The summed E-state index contributed by atoms with van der Waals surface area (Å²) in [6, 6.07) is 22.3. The molecule has 0 unspecified atom stereocenters. The molecule has 3 rings (SSSR count). The number of carbonyl (C=O) groups is 2. The molecule has 0 radical (unpaired) electrons. The highest BCUT2D eigenvalue weighted by Crippen LogP contribution is 2.27. The maximum atomic E-state index is 14.0. The molecule has 0 saturated heterocycles. The molecule has 0 aromatic heterocycles. The van der Waals surface area contributed by atoms with Gasteiger partial charge in [-0.1, -0.05) is 80.9 Å². The maximum Gasteiger partial charge on any atom is 0.264 e. The SMILES string of the molecule is CC[C@H](C)NC(=O)[C@@H](C)N(Cc1ccccc1)C(=O)CN(c1ccc(C(C)C)cc1)S(=O)(=O)c1ccc(C)cc1. The second-order valence-electron chi connectivity index (χ2n) is 10.6. The zero-order chi connectivity index (χ0) is 29.4. The predicted octanol–water partition coefficient (Wildman–Crippen LogP) is 5.65. The molecule has 0 bridgehead atoms. The molecule has 0 aliphatic heterocycles. The topological polar surface area (TPSA) is 86.8 Å². The number of sulfonamides is 1. The number of nitrogens with one attached hydrogen (secondary N) is 1. The molecule has 0 saturated carbocycles. The Bertz CT molecular complexity index is 1370. The van der Waals surface area contributed by atoms with Crippen molar-refractivity contribution in [3.63, 3.8) is 0 Å². The van der Waals surface area contributed by atoms with Gasteiger partial charge in [-0.05, 0) is 68.5 Å². The Kier molecular flexibility index (Phi) is 10.5. The van der Waals surface area contributed by atoms with E-state index in [2.05, 4.69) is 19.2 Å². The second-order valence-corrected chi connectivity index (χ2v) is 12.4. The van der Waals surface area contributed by atoms with Crippen LogP contribution in [0, 0.1) is 6.92 Å². The normalized spacial score (nSPS) is 13.0. The summed E-state index contributed by atoms with van der Waals surface area (Å²) in [5.41, 5.74) is 3.21. The molecule has 2 amide bonds. The number of aryl methyl sites for hydroxylation is 1. The number of hydrogen-bond donors (Lipinski definition) is 1. The van der Waals surface area contributed by atoms with E-state index >= 15 is 0 Å². The summed E-state index contributed by atoms with van der Waals surface area (Å²) >= 11 is 0. The first-order valence-electron chi connectivity index (χ1n) is 13.8. The minimum Gasteiger partial charge on any atom is -0.352 e. The highest BCUT2D eigenvalue weighted by molar-refractivity contribution is 7.92. The Labute approximate surface area is 239 Å². The van der Waals surface area contributed by atoms with E-state index in [9.17, 15) is 18.0 Å². The number of carbonyl (C=O) groups excluding carboxylic acids is 2. The molecule has 3 aromatic carbocycles. The van der Waals surface area contributed by atoms with Crippen molar-refractivity contribution < 1.29 is 18.0 Å². The van der Waals surface area contributed by atoms with Crippen LogP contribution in [0.4, 0.5) is 5.69 Å². The van der Waals surface area contributed by atoms with Gasteiger partial charge in [0, 0.05) is 12.6 Å². The number of benzene rings is 3. The number of anilines is 1. The molecule has 3 aromatic rings. The molecule has 2 atom stereocenters. The van der Waals surface area contributed by atoms with Gasteiger partial charge >= 0.3 is 0 Å². The van der Waals surface area contributed by atoms with Crippen LogP contribution in [0.15, 0.2) is 83.8 Å². The lowest BCUT2D eigenvalue weighted by molar-refractivity contribution is -0.139. The summed E-state index contributed by atoms with van der Waals surface area (Å²) in [5.74, 6) is -0.490. The van der Waals surface area contributed by atoms with E-state index in [0.717, 1.165) is 27.4 Å². The summed E-state index contributed by atoms with van der Waals surface area (Å²) in [5, 5.41) is 2.95. The van der Waals surface area contributed by atoms with Gasteiger partial charge in [0.1, 0.15) is 12.6 Å². The highest BCUT2D eigenvalue weighted by atomic mass is 32.2. The first kappa shape index (κ1) is 30.9. The van der Waals surface area contributed by atoms with Crippen molar-refractivity contribution in [1.82, 2.24) is 10.2 Å². The van der Waals surface area contributed by atoms with Crippen molar-refractivity contribution in [3.8, 4) is 0 Å². The average molecular weight is 564 g/mol. The van der Waals surface area contributed by atoms with Gasteiger partial charge in [-0.25, -0.2) is 8.42 Å². The molecule has 214 valence electrons. The smallest absolute Gasteiger partial charge is 0.264 e. The monoisotopic (exact) mass is 563 g/mol. The van der Waals surface area contributed by atoms with Gasteiger partial charge in [-0.2, -0.15) is 0 Å². The van der Waals surface area contributed by atoms with Gasteiger partial charge in [0.05, 0.1) is 10.6 Å². The largest absolute Gasteiger partial charge is 0.352 e. The van der Waals surface area contributed by atoms with Crippen molar-refractivity contribution in [2.24, 2.45) is 0 Å². The van der Waals surface area contributed by atoms with Crippen molar-refractivity contribution in [2.45, 2.75) is 77.4 Å². The van der Waals surface area contributed by atoms with Gasteiger partial charge in [0.25, 0.3) is 10.0 Å². The fraction of sp³-hybridized carbons (Fsp3) is 0.375. The van der Waals surface area contributed by atoms with E-state index in [4.69, 9.17) is 0 Å². The lowest BCUT2D eigenvalue weighted by Crippen LogP contribution is -2.52. The van der Waals surface area contributed by atoms with Crippen LogP contribution >= 0.6 is 0 Å². The third-order valence-electron chi connectivity index (χ3n) is 7.10. The minimum absolute atomic E-state index is 0.0542. The lowest BCUT2D eigenvalue weighted by atomic mass is 10.0. The van der Waals surface area contributed by atoms with E-state index in [-0.39, 0.29) is 29.3 Å². The molecule has 0 aliphatic carbocycles. The van der Waals surface area contributed by atoms with Crippen molar-refractivity contribution >= 4 is 27.5 Å². The number of amides is 2. The Hall–Kier alpha value is -3.65. The first-order chi connectivity index (χ1) is 18.9. The molecule has 40 heavy (non-hydrogen) atoms. The van der Waals surface area contributed by atoms with Crippen LogP contribution in [0.5, 0.6) is 0 Å². The average Bonchev–Trinajstić information content (AvgIpc) is 2.94. The van der Waals surface area contributed by atoms with Crippen molar-refractivity contribution in [2.75, 3.05) is 10.8 Å². The fourth-order valence-corrected chi connectivity index (χ4v) is 5.63. The standard InChI is InChI=1S/C32H41N3O4S/c1-7-25(5)33-32(37)26(6)34(21-27-11-9-8-10-12-27)31(36)22-35(29-17-15-28(16-18-29)23(2)3)40(38,39)30-19-13-24(4)14-20-30/h8-20,23,25-26H,7,21-22H2,1-6H3,(H,33,37)/t25-,26+/m0/s1. The summed E-state index contributed by atoms with van der Waals surface area (Å²) in [6.07, 6.45) is 0.750. The summed E-state index contributed by atoms with van der Waals surface area (Å²) < 4.78 is 29.0. The summed E-state index contributed by atoms with van der Waals surface area (Å²) in [6.45, 7) is 11.3. The summed E-state index contributed by atoms with van der Waals surface area (Å²) in [7, 11) is -4.09. The van der Waals surface area contributed by atoms with Gasteiger partial charge in [0.2, 0.25) is 11.8 Å². The third kappa shape index (κ3) is 7.72. The Morgan fingerprint density at radius 1 is 0.850 bits per heavy atom. The molecule has 7 nitrogen and oxygen atoms in total. The van der Waals surface area contributed by atoms with Crippen LogP contribution in [0.3, 0.4) is 0 Å². The molecule has 0 spiro atoms. The molecule has 0 fully saturated rings. The van der Waals surface area contributed by atoms with Gasteiger partial charge < -0.3 is 10.2 Å². The van der Waals surface area contributed by atoms with Crippen LogP contribution in [-0.4, -0.2) is 43.8 Å². The lowest BCUT2D eigenvalue weighted by Gasteiger charge is -2.32. The summed E-state index contributed by atoms with van der Waals surface area (Å²) in [4.78, 5) is 28.6. The minimum atomic E-state index is -4.09. The van der Waals surface area contributed by atoms with E-state index in [1.807, 2.05) is 63.2 Å². The molecule has 0 aliphatic rings. The Morgan fingerprint density at radius 2 is 1.45 bits per heavy atom. The van der Waals surface area contributed by atoms with Crippen molar-refractivity contribution in [3.05, 3.63) is 95.6 Å². The quantitative estimate of drug-likeness (QED) is 0.309. The number of nitrogens with zero attached hydrogens (tertiary/aromatic N) is 2. The molecular formula is C32H41N3O4S. The van der Waals surface area contributed by atoms with Crippen LogP contribution in [0.2, 0.25) is 0 Å². The van der Waals surface area contributed by atoms with E-state index in [1.54, 1.807) is 43.3 Å². The van der Waals surface area contributed by atoms with Crippen LogP contribution in [-0.2, 0) is 26.2 Å². The molecule has 1 N–H and O–H groups in total. The van der Waals surface area contributed by atoms with E-state index in [0.29, 0.717) is 5.69 Å². The van der Waals surface area contributed by atoms with Gasteiger partial charge in [-0.3, -0.25) is 13.9 Å². The van der Waals surface area contributed by atoms with Crippen LogP contribution in [0.25, 0.3) is 0 Å². The zero-order valence-corrected chi connectivity index (χ0v) is 25.1. The predicted molar refractivity (Wildman–Crippen MR) is 161 cm³/mol. The van der Waals surface area contributed by atoms with E-state index < -0.39 is 28.5 Å². The van der Waals surface area contributed by atoms with Gasteiger partial charge in [0.15, 0.2) is 0 Å². The van der Waals surface area contributed by atoms with Gasteiger partial charge in [-0.15, -0.1) is 0 Å². The number of hydrogen-bond acceptors (Lipinski definition) is 4. The first-order valence-corrected chi connectivity index (χ1v) is 15.2. The third-order valence-corrected chi connectivity index (χ3v) is 8.89.